The maximum Gasteiger partial charge on any atom is 0.310 e. The maximum absolute atomic E-state index is 13.4. The van der Waals surface area contributed by atoms with Gasteiger partial charge in [0.25, 0.3) is 5.91 Å². The summed E-state index contributed by atoms with van der Waals surface area (Å²) in [7, 11) is 0. The minimum atomic E-state index is -0.869. The molecule has 1 aromatic carbocycles. The molecule has 3 aliphatic rings. The Labute approximate surface area is 240 Å². The van der Waals surface area contributed by atoms with Gasteiger partial charge in [-0.05, 0) is 68.6 Å². The first kappa shape index (κ1) is 30.1. The van der Waals surface area contributed by atoms with Crippen molar-refractivity contribution in [2.75, 3.05) is 12.3 Å². The molecule has 0 unspecified atom stereocenters. The van der Waals surface area contributed by atoms with E-state index in [1.54, 1.807) is 6.92 Å². The van der Waals surface area contributed by atoms with Gasteiger partial charge in [0.2, 0.25) is 18.1 Å². The summed E-state index contributed by atoms with van der Waals surface area (Å²) in [6.07, 6.45) is 3.32. The fourth-order valence-corrected chi connectivity index (χ4v) is 6.24. The average Bonchev–Trinajstić information content (AvgIpc) is 3.51. The van der Waals surface area contributed by atoms with Crippen molar-refractivity contribution in [3.63, 3.8) is 0 Å². The van der Waals surface area contributed by atoms with Crippen molar-refractivity contribution in [2.24, 2.45) is 17.8 Å². The first-order valence-corrected chi connectivity index (χ1v) is 14.6. The first-order valence-electron chi connectivity index (χ1n) is 14.3. The minimum Gasteiger partial charge on any atom is -0.433 e. The summed E-state index contributed by atoms with van der Waals surface area (Å²) >= 11 is 6.02. The van der Waals surface area contributed by atoms with Crippen LogP contribution in [0.1, 0.15) is 76.6 Å². The molecule has 7 atom stereocenters. The van der Waals surface area contributed by atoms with E-state index < -0.39 is 36.3 Å². The monoisotopic (exact) mass is 576 g/mol. The van der Waals surface area contributed by atoms with Crippen LogP contribution in [0, 0.1) is 17.8 Å². The highest BCUT2D eigenvalue weighted by molar-refractivity contribution is 6.33. The number of hydrogen-bond donors (Lipinski definition) is 3. The van der Waals surface area contributed by atoms with Gasteiger partial charge < -0.3 is 30.7 Å². The van der Waals surface area contributed by atoms with Crippen molar-refractivity contribution in [1.29, 1.82) is 0 Å². The Balaban J connectivity index is 1.37. The molecule has 4 rings (SSSR count). The third-order valence-corrected chi connectivity index (χ3v) is 8.71. The van der Waals surface area contributed by atoms with Crippen LogP contribution in [-0.4, -0.2) is 65.7 Å². The third kappa shape index (κ3) is 6.89. The number of esters is 1. The number of nitrogens with two attached hydrogens (primary N) is 1. The number of carbonyl (C=O) groups is 4. The van der Waals surface area contributed by atoms with E-state index in [9.17, 15) is 19.2 Å². The van der Waals surface area contributed by atoms with Crippen LogP contribution in [0.3, 0.4) is 0 Å². The second-order valence-corrected chi connectivity index (χ2v) is 12.2. The molecule has 0 aromatic heterocycles. The van der Waals surface area contributed by atoms with Crippen molar-refractivity contribution in [3.05, 3.63) is 28.8 Å². The molecule has 2 heterocycles. The number of nitrogens with zero attached hydrogens (tertiary/aromatic N) is 1. The van der Waals surface area contributed by atoms with Gasteiger partial charge in [-0.1, -0.05) is 38.8 Å². The van der Waals surface area contributed by atoms with Gasteiger partial charge in [0.05, 0.1) is 23.2 Å². The van der Waals surface area contributed by atoms with Gasteiger partial charge in [0.15, 0.2) is 0 Å². The maximum atomic E-state index is 13.4. The van der Waals surface area contributed by atoms with Crippen LogP contribution < -0.4 is 16.4 Å². The number of likely N-dealkylation sites (tertiary alicyclic amines) is 1. The third-order valence-electron chi connectivity index (χ3n) is 8.38. The zero-order chi connectivity index (χ0) is 29.1. The number of cyclic esters (lactones) is 1. The molecule has 0 spiro atoms. The van der Waals surface area contributed by atoms with Gasteiger partial charge in [-0.2, -0.15) is 0 Å². The summed E-state index contributed by atoms with van der Waals surface area (Å²) in [4.78, 5) is 53.1. The lowest BCUT2D eigenvalue weighted by atomic mass is 9.75. The standard InChI is InChI=1S/C29H41ClN4O6/c1-15(2)19-9-7-16(3)12-24(19)39-29-22(14-25(35)40-29)33-27(37)23-6-5-11-34(23)28(38)17(4)32-26(36)18-8-10-21(31)20(30)13-18/h8,10,13,15-17,19,22-24,29H,5-7,9,11-12,14,31H2,1-4H3,(H,32,36)(H,33,37)/t16-,17+,19+,22+,23+,24-,29-/m1/s1. The predicted molar refractivity (Wildman–Crippen MR) is 150 cm³/mol. The fourth-order valence-electron chi connectivity index (χ4n) is 6.06. The van der Waals surface area contributed by atoms with E-state index in [-0.39, 0.29) is 34.9 Å². The Morgan fingerprint density at radius 2 is 1.93 bits per heavy atom. The summed E-state index contributed by atoms with van der Waals surface area (Å²) in [6, 6.07) is 2.28. The van der Waals surface area contributed by atoms with E-state index in [0.29, 0.717) is 42.8 Å². The van der Waals surface area contributed by atoms with Crippen molar-refractivity contribution in [3.8, 4) is 0 Å². The Morgan fingerprint density at radius 1 is 1.18 bits per heavy atom. The highest BCUT2D eigenvalue weighted by Crippen LogP contribution is 2.37. The molecule has 10 nitrogen and oxygen atoms in total. The Hall–Kier alpha value is -2.85. The zero-order valence-electron chi connectivity index (χ0n) is 23.7. The molecule has 0 bridgehead atoms. The van der Waals surface area contributed by atoms with Gasteiger partial charge in [-0.25, -0.2) is 0 Å². The van der Waals surface area contributed by atoms with Crippen LogP contribution in [0.15, 0.2) is 18.2 Å². The molecule has 1 aromatic rings. The highest BCUT2D eigenvalue weighted by atomic mass is 35.5. The number of ether oxygens (including phenoxy) is 2. The molecule has 40 heavy (non-hydrogen) atoms. The number of rotatable bonds is 8. The van der Waals surface area contributed by atoms with E-state index in [1.165, 1.54) is 23.1 Å². The van der Waals surface area contributed by atoms with Gasteiger partial charge in [0, 0.05) is 12.1 Å². The van der Waals surface area contributed by atoms with Gasteiger partial charge in [0.1, 0.15) is 18.1 Å². The first-order chi connectivity index (χ1) is 18.9. The van der Waals surface area contributed by atoms with Crippen molar-refractivity contribution >= 4 is 41.0 Å². The van der Waals surface area contributed by atoms with E-state index >= 15 is 0 Å². The van der Waals surface area contributed by atoms with Gasteiger partial charge >= 0.3 is 5.97 Å². The largest absolute Gasteiger partial charge is 0.433 e. The fraction of sp³-hybridized carbons (Fsp3) is 0.655. The Kier molecular flexibility index (Phi) is 9.61. The van der Waals surface area contributed by atoms with E-state index in [1.807, 2.05) is 0 Å². The number of benzene rings is 1. The van der Waals surface area contributed by atoms with Crippen molar-refractivity contribution in [1.82, 2.24) is 15.5 Å². The Morgan fingerprint density at radius 3 is 2.62 bits per heavy atom. The van der Waals surface area contributed by atoms with E-state index in [2.05, 4.69) is 31.4 Å². The SMILES string of the molecule is CC(C)[C@@H]1CC[C@@H](C)C[C@H]1O[C@@H]1OC(=O)C[C@@H]1NC(=O)[C@@H]1CCCN1C(=O)[C@H](C)NC(=O)c1ccc(N)c(Cl)c1. The topological polar surface area (TPSA) is 140 Å². The van der Waals surface area contributed by atoms with Crippen LogP contribution in [0.2, 0.25) is 5.02 Å². The summed E-state index contributed by atoms with van der Waals surface area (Å²) < 4.78 is 11.9. The molecule has 0 radical (unpaired) electrons. The second-order valence-electron chi connectivity index (χ2n) is 11.8. The zero-order valence-corrected chi connectivity index (χ0v) is 24.4. The number of nitrogen functional groups attached to an aromatic ring is 1. The second kappa shape index (κ2) is 12.8. The molecule has 1 saturated carbocycles. The molecule has 11 heteroatoms. The molecule has 3 fully saturated rings. The average molecular weight is 577 g/mol. The number of carbonyl (C=O) groups excluding carboxylic acids is 4. The molecular weight excluding hydrogens is 536 g/mol. The molecule has 3 amide bonds. The minimum absolute atomic E-state index is 0.0162. The summed E-state index contributed by atoms with van der Waals surface area (Å²) in [5, 5.41) is 5.86. The Bertz CT molecular complexity index is 1130. The lowest BCUT2D eigenvalue weighted by Gasteiger charge is -2.39. The molecular formula is C29H41ClN4O6. The van der Waals surface area contributed by atoms with Crippen LogP contribution in [0.4, 0.5) is 5.69 Å². The quantitative estimate of drug-likeness (QED) is 0.319. The van der Waals surface area contributed by atoms with Crippen molar-refractivity contribution < 1.29 is 28.7 Å². The van der Waals surface area contributed by atoms with Crippen LogP contribution >= 0.6 is 11.6 Å². The number of halogens is 1. The summed E-state index contributed by atoms with van der Waals surface area (Å²) in [5.74, 6) is -0.308. The van der Waals surface area contributed by atoms with Crippen molar-refractivity contribution in [2.45, 2.75) is 96.7 Å². The smallest absolute Gasteiger partial charge is 0.310 e. The van der Waals surface area contributed by atoms with E-state index in [4.69, 9.17) is 26.8 Å². The van der Waals surface area contributed by atoms with Gasteiger partial charge in [-0.3, -0.25) is 19.2 Å². The number of anilines is 1. The summed E-state index contributed by atoms with van der Waals surface area (Å²) in [5.41, 5.74) is 6.34. The number of hydrogen-bond acceptors (Lipinski definition) is 7. The predicted octanol–water partition coefficient (Wildman–Crippen LogP) is 3.27. The number of nitrogens with one attached hydrogen (secondary N) is 2. The molecule has 2 aliphatic heterocycles. The number of amides is 3. The molecule has 2 saturated heterocycles. The molecule has 1 aliphatic carbocycles. The van der Waals surface area contributed by atoms with Crippen LogP contribution in [0.25, 0.3) is 0 Å². The molecule has 220 valence electrons. The summed E-state index contributed by atoms with van der Waals surface area (Å²) in [6.45, 7) is 8.53. The molecule has 4 N–H and O–H groups in total. The lowest BCUT2D eigenvalue weighted by molar-refractivity contribution is -0.191. The lowest BCUT2D eigenvalue weighted by Crippen LogP contribution is -2.55. The highest BCUT2D eigenvalue weighted by Gasteiger charge is 2.44. The normalized spacial score (nSPS) is 29.2. The van der Waals surface area contributed by atoms with Gasteiger partial charge in [-0.15, -0.1) is 0 Å². The van der Waals surface area contributed by atoms with Crippen LogP contribution in [-0.2, 0) is 23.9 Å². The van der Waals surface area contributed by atoms with E-state index in [0.717, 1.165) is 19.3 Å². The van der Waals surface area contributed by atoms with Crippen LogP contribution in [0.5, 0.6) is 0 Å².